The summed E-state index contributed by atoms with van der Waals surface area (Å²) in [5, 5.41) is 12.2. The molecule has 2 fully saturated rings. The second-order valence-electron chi connectivity index (χ2n) is 3.30. The highest BCUT2D eigenvalue weighted by molar-refractivity contribution is 5.06. The summed E-state index contributed by atoms with van der Waals surface area (Å²) in [6.07, 6.45) is 3.97. The van der Waals surface area contributed by atoms with E-state index in [9.17, 15) is 0 Å². The van der Waals surface area contributed by atoms with Crippen LogP contribution >= 0.6 is 0 Å². The molecule has 1 aliphatic carbocycles. The lowest BCUT2D eigenvalue weighted by atomic mass is 9.98. The molecule has 2 nitrogen and oxygen atoms in total. The van der Waals surface area contributed by atoms with E-state index in [0.717, 1.165) is 6.54 Å². The maximum absolute atomic E-state index is 8.88. The summed E-state index contributed by atoms with van der Waals surface area (Å²) in [6, 6.07) is 0.428. The molecule has 0 aromatic carbocycles. The van der Waals surface area contributed by atoms with Gasteiger partial charge in [0.1, 0.15) is 0 Å². The minimum absolute atomic E-state index is 0.333. The van der Waals surface area contributed by atoms with Gasteiger partial charge in [0.05, 0.1) is 6.61 Å². The Kier molecular flexibility index (Phi) is 1.08. The predicted molar refractivity (Wildman–Crippen MR) is 35.2 cm³/mol. The van der Waals surface area contributed by atoms with Crippen molar-refractivity contribution in [1.82, 2.24) is 5.32 Å². The van der Waals surface area contributed by atoms with Crippen LogP contribution < -0.4 is 5.32 Å². The van der Waals surface area contributed by atoms with Crippen LogP contribution in [0.15, 0.2) is 0 Å². The Morgan fingerprint density at radius 1 is 1.44 bits per heavy atom. The standard InChI is InChI=1S/C7H13NO/c9-5-6-7(1-2-7)3-4-8-6/h6,8-9H,1-5H2. The van der Waals surface area contributed by atoms with E-state index in [4.69, 9.17) is 5.11 Å². The van der Waals surface area contributed by atoms with Crippen LogP contribution in [0.1, 0.15) is 19.3 Å². The van der Waals surface area contributed by atoms with Crippen LogP contribution in [0.5, 0.6) is 0 Å². The Hall–Kier alpha value is -0.0800. The normalized spacial score (nSPS) is 37.7. The van der Waals surface area contributed by atoms with Gasteiger partial charge in [-0.1, -0.05) is 0 Å². The number of nitrogens with one attached hydrogen (secondary N) is 1. The Bertz CT molecular complexity index is 120. The van der Waals surface area contributed by atoms with Crippen molar-refractivity contribution in [2.24, 2.45) is 5.41 Å². The molecule has 1 unspecified atom stereocenters. The van der Waals surface area contributed by atoms with Crippen molar-refractivity contribution < 1.29 is 5.11 Å². The number of aliphatic hydroxyl groups excluding tert-OH is 1. The highest BCUT2D eigenvalue weighted by atomic mass is 16.3. The molecule has 2 heteroatoms. The molecule has 0 bridgehead atoms. The molecule has 2 rings (SSSR count). The molecule has 1 saturated heterocycles. The Morgan fingerprint density at radius 3 is 2.67 bits per heavy atom. The first kappa shape index (κ1) is 5.69. The third-order valence-electron chi connectivity index (χ3n) is 2.83. The molecule has 1 spiro atoms. The van der Waals surface area contributed by atoms with Crippen LogP contribution in [0.3, 0.4) is 0 Å². The van der Waals surface area contributed by atoms with E-state index >= 15 is 0 Å². The van der Waals surface area contributed by atoms with Gasteiger partial charge in [0, 0.05) is 6.04 Å². The fourth-order valence-electron chi connectivity index (χ4n) is 1.90. The zero-order valence-electron chi connectivity index (χ0n) is 5.56. The first-order chi connectivity index (χ1) is 4.37. The highest BCUT2D eigenvalue weighted by Crippen LogP contribution is 2.53. The minimum atomic E-state index is 0.333. The smallest absolute Gasteiger partial charge is 0.0590 e. The topological polar surface area (TPSA) is 32.3 Å². The van der Waals surface area contributed by atoms with Gasteiger partial charge in [0.2, 0.25) is 0 Å². The second kappa shape index (κ2) is 1.70. The molecular weight excluding hydrogens is 114 g/mol. The van der Waals surface area contributed by atoms with Crippen LogP contribution in [0.25, 0.3) is 0 Å². The zero-order valence-corrected chi connectivity index (χ0v) is 5.56. The monoisotopic (exact) mass is 127 g/mol. The molecule has 0 amide bonds. The zero-order chi connectivity index (χ0) is 6.32. The van der Waals surface area contributed by atoms with Crippen molar-refractivity contribution >= 4 is 0 Å². The maximum atomic E-state index is 8.88. The average Bonchev–Trinajstić information content (AvgIpc) is 2.45. The van der Waals surface area contributed by atoms with Gasteiger partial charge in [0.25, 0.3) is 0 Å². The van der Waals surface area contributed by atoms with Crippen molar-refractivity contribution in [3.63, 3.8) is 0 Å². The molecule has 1 atom stereocenters. The molecule has 2 N–H and O–H groups in total. The molecule has 0 aromatic heterocycles. The van der Waals surface area contributed by atoms with E-state index in [-0.39, 0.29) is 0 Å². The summed E-state index contributed by atoms with van der Waals surface area (Å²) in [5.74, 6) is 0. The predicted octanol–water partition coefficient (Wildman–Crippen LogP) is 0.121. The molecule has 0 aromatic rings. The van der Waals surface area contributed by atoms with E-state index in [2.05, 4.69) is 5.32 Å². The van der Waals surface area contributed by atoms with Crippen molar-refractivity contribution in [2.75, 3.05) is 13.2 Å². The van der Waals surface area contributed by atoms with Crippen molar-refractivity contribution in [1.29, 1.82) is 0 Å². The molecule has 1 aliphatic heterocycles. The Morgan fingerprint density at radius 2 is 2.22 bits per heavy atom. The van der Waals surface area contributed by atoms with E-state index in [1.807, 2.05) is 0 Å². The summed E-state index contributed by atoms with van der Waals surface area (Å²) >= 11 is 0. The lowest BCUT2D eigenvalue weighted by Gasteiger charge is -2.13. The van der Waals surface area contributed by atoms with Crippen molar-refractivity contribution in [3.8, 4) is 0 Å². The summed E-state index contributed by atoms with van der Waals surface area (Å²) in [5.41, 5.74) is 0.550. The van der Waals surface area contributed by atoms with Crippen LogP contribution in [0.4, 0.5) is 0 Å². The van der Waals surface area contributed by atoms with Crippen molar-refractivity contribution in [2.45, 2.75) is 25.3 Å². The molecule has 2 aliphatic rings. The lowest BCUT2D eigenvalue weighted by molar-refractivity contribution is 0.219. The fourth-order valence-corrected chi connectivity index (χ4v) is 1.90. The average molecular weight is 127 g/mol. The Balaban J connectivity index is 2.05. The molecule has 52 valence electrons. The van der Waals surface area contributed by atoms with Gasteiger partial charge in [0.15, 0.2) is 0 Å². The first-order valence-corrected chi connectivity index (χ1v) is 3.72. The summed E-state index contributed by atoms with van der Waals surface area (Å²) in [6.45, 7) is 1.45. The second-order valence-corrected chi connectivity index (χ2v) is 3.30. The van der Waals surface area contributed by atoms with Gasteiger partial charge in [-0.3, -0.25) is 0 Å². The minimum Gasteiger partial charge on any atom is -0.395 e. The van der Waals surface area contributed by atoms with Crippen LogP contribution in [-0.2, 0) is 0 Å². The van der Waals surface area contributed by atoms with Gasteiger partial charge >= 0.3 is 0 Å². The van der Waals surface area contributed by atoms with E-state index < -0.39 is 0 Å². The van der Waals surface area contributed by atoms with E-state index in [1.54, 1.807) is 0 Å². The molecule has 1 heterocycles. The maximum Gasteiger partial charge on any atom is 0.0590 e. The summed E-state index contributed by atoms with van der Waals surface area (Å²) in [4.78, 5) is 0. The lowest BCUT2D eigenvalue weighted by Crippen LogP contribution is -2.31. The molecular formula is C7H13NO. The van der Waals surface area contributed by atoms with Gasteiger partial charge < -0.3 is 10.4 Å². The van der Waals surface area contributed by atoms with Gasteiger partial charge in [-0.2, -0.15) is 0 Å². The van der Waals surface area contributed by atoms with E-state index in [1.165, 1.54) is 19.3 Å². The fraction of sp³-hybridized carbons (Fsp3) is 1.00. The van der Waals surface area contributed by atoms with Crippen LogP contribution in [-0.4, -0.2) is 24.3 Å². The van der Waals surface area contributed by atoms with Gasteiger partial charge in [-0.15, -0.1) is 0 Å². The Labute approximate surface area is 55.3 Å². The van der Waals surface area contributed by atoms with Crippen LogP contribution in [0.2, 0.25) is 0 Å². The largest absolute Gasteiger partial charge is 0.395 e. The number of hydrogen-bond donors (Lipinski definition) is 2. The SMILES string of the molecule is OCC1NCCC12CC2. The number of hydrogen-bond acceptors (Lipinski definition) is 2. The summed E-state index contributed by atoms with van der Waals surface area (Å²) < 4.78 is 0. The molecule has 9 heavy (non-hydrogen) atoms. The van der Waals surface area contributed by atoms with Crippen molar-refractivity contribution in [3.05, 3.63) is 0 Å². The molecule has 1 saturated carbocycles. The number of rotatable bonds is 1. The van der Waals surface area contributed by atoms with Crippen LogP contribution in [0, 0.1) is 5.41 Å². The van der Waals surface area contributed by atoms with Gasteiger partial charge in [-0.25, -0.2) is 0 Å². The summed E-state index contributed by atoms with van der Waals surface area (Å²) in [7, 11) is 0. The first-order valence-electron chi connectivity index (χ1n) is 3.72. The third-order valence-corrected chi connectivity index (χ3v) is 2.83. The highest BCUT2D eigenvalue weighted by Gasteiger charge is 2.51. The number of aliphatic hydroxyl groups is 1. The third kappa shape index (κ3) is 0.700. The van der Waals surface area contributed by atoms with E-state index in [0.29, 0.717) is 18.1 Å². The van der Waals surface area contributed by atoms with Gasteiger partial charge in [-0.05, 0) is 31.2 Å². The quantitative estimate of drug-likeness (QED) is 0.524. The molecule has 0 radical (unpaired) electrons.